The lowest BCUT2D eigenvalue weighted by Gasteiger charge is -2.10. The first kappa shape index (κ1) is 21.1. The summed E-state index contributed by atoms with van der Waals surface area (Å²) >= 11 is 11.8. The van der Waals surface area contributed by atoms with Gasteiger partial charge in [0.05, 0.1) is 27.3 Å². The molecule has 2 N–H and O–H groups in total. The third-order valence-electron chi connectivity index (χ3n) is 4.32. The Morgan fingerprint density at radius 1 is 0.935 bits per heavy atom. The van der Waals surface area contributed by atoms with E-state index in [4.69, 9.17) is 23.2 Å². The van der Waals surface area contributed by atoms with E-state index in [0.717, 1.165) is 10.8 Å². The molecule has 0 amide bonds. The van der Waals surface area contributed by atoms with Gasteiger partial charge in [-0.1, -0.05) is 23.2 Å². The third-order valence-corrected chi connectivity index (χ3v) is 5.06. The van der Waals surface area contributed by atoms with Crippen molar-refractivity contribution < 1.29 is 17.6 Å². The topological polar surface area (TPSA) is 67.7 Å². The second-order valence-corrected chi connectivity index (χ2v) is 7.28. The molecule has 4 rings (SSSR count). The van der Waals surface area contributed by atoms with E-state index in [-0.39, 0.29) is 22.3 Å². The predicted octanol–water partition coefficient (Wildman–Crippen LogP) is 6.32. The largest absolute Gasteiger partial charge is 0.449 e. The summed E-state index contributed by atoms with van der Waals surface area (Å²) in [5, 5.41) is 6.23. The van der Waals surface area contributed by atoms with E-state index in [1.165, 1.54) is 25.2 Å². The predicted molar refractivity (Wildman–Crippen MR) is 111 cm³/mol. The number of alkyl halides is 3. The number of rotatable bonds is 4. The van der Waals surface area contributed by atoms with Gasteiger partial charge in [0.2, 0.25) is 11.8 Å². The van der Waals surface area contributed by atoms with E-state index in [1.807, 2.05) is 0 Å². The first-order chi connectivity index (χ1) is 14.6. The zero-order chi connectivity index (χ0) is 22.3. The molecular weight excluding hydrogens is 459 g/mol. The highest BCUT2D eigenvalue weighted by atomic mass is 35.5. The number of anilines is 4. The van der Waals surface area contributed by atoms with Gasteiger partial charge in [-0.3, -0.25) is 0 Å². The lowest BCUT2D eigenvalue weighted by Crippen LogP contribution is -2.12. The van der Waals surface area contributed by atoms with E-state index < -0.39 is 17.8 Å². The molecule has 0 aliphatic rings. The minimum absolute atomic E-state index is 0.0234. The van der Waals surface area contributed by atoms with Crippen molar-refractivity contribution in [3.8, 4) is 0 Å². The highest BCUT2D eigenvalue weighted by Gasteiger charge is 2.36. The average Bonchev–Trinajstić information content (AvgIpc) is 3.04. The Kier molecular flexibility index (Phi) is 5.36. The maximum absolute atomic E-state index is 14.1. The number of nitrogens with zero attached hydrogens (tertiary/aromatic N) is 4. The molecule has 0 bridgehead atoms. The molecule has 0 saturated heterocycles. The van der Waals surface area contributed by atoms with Crippen molar-refractivity contribution in [3.05, 3.63) is 64.3 Å². The van der Waals surface area contributed by atoms with Gasteiger partial charge in [-0.05, 0) is 36.4 Å². The molecule has 2 aromatic heterocycles. The molecule has 0 unspecified atom stereocenters. The summed E-state index contributed by atoms with van der Waals surface area (Å²) in [6.07, 6.45) is -3.62. The number of hydrogen-bond acceptors (Lipinski definition) is 5. The van der Waals surface area contributed by atoms with Crippen LogP contribution in [-0.2, 0) is 13.2 Å². The smallest absolute Gasteiger partial charge is 0.338 e. The highest BCUT2D eigenvalue weighted by molar-refractivity contribution is 6.42. The molecule has 160 valence electrons. The van der Waals surface area contributed by atoms with Crippen molar-refractivity contribution in [3.63, 3.8) is 0 Å². The molecule has 0 saturated carbocycles. The Hall–Kier alpha value is -3.11. The molecule has 4 aromatic rings. The Labute approximate surface area is 182 Å². The monoisotopic (exact) mass is 470 g/mol. The number of fused-ring (bicyclic) bond motifs is 1. The van der Waals surface area contributed by atoms with Crippen LogP contribution in [0.1, 0.15) is 5.82 Å². The van der Waals surface area contributed by atoms with Gasteiger partial charge < -0.3 is 15.2 Å². The maximum atomic E-state index is 14.1. The Balaban J connectivity index is 1.61. The highest BCUT2D eigenvalue weighted by Crippen LogP contribution is 2.32. The lowest BCUT2D eigenvalue weighted by atomic mass is 10.3. The SMILES string of the molecule is Cn1c(C(F)(F)F)nc2cc(Nc3ncc(F)c(Nc4ccc(Cl)c(Cl)c4)n3)ccc21. The molecule has 6 nitrogen and oxygen atoms in total. The van der Waals surface area contributed by atoms with Crippen LogP contribution < -0.4 is 10.6 Å². The molecule has 0 aliphatic heterocycles. The second kappa shape index (κ2) is 7.86. The molecule has 0 fully saturated rings. The molecule has 31 heavy (non-hydrogen) atoms. The molecule has 12 heteroatoms. The van der Waals surface area contributed by atoms with Crippen LogP contribution in [0.25, 0.3) is 11.0 Å². The van der Waals surface area contributed by atoms with Gasteiger partial charge in [0.15, 0.2) is 11.6 Å². The summed E-state index contributed by atoms with van der Waals surface area (Å²) in [4.78, 5) is 11.6. The van der Waals surface area contributed by atoms with E-state index in [0.29, 0.717) is 21.9 Å². The number of hydrogen-bond donors (Lipinski definition) is 2. The van der Waals surface area contributed by atoms with Gasteiger partial charge >= 0.3 is 6.18 Å². The third kappa shape index (κ3) is 4.35. The number of benzene rings is 2. The van der Waals surface area contributed by atoms with Crippen molar-refractivity contribution in [1.29, 1.82) is 0 Å². The standard InChI is InChI=1S/C19H12Cl2F4N6/c1-31-15-5-3-10(7-14(15)29-17(31)19(23,24)25)28-18-26-8-13(22)16(30-18)27-9-2-4-11(20)12(21)6-9/h2-8H,1H3,(H2,26,27,28,30). The summed E-state index contributed by atoms with van der Waals surface area (Å²) < 4.78 is 54.3. The number of imidazole rings is 1. The number of nitrogens with one attached hydrogen (secondary N) is 2. The molecule has 0 spiro atoms. The normalized spacial score (nSPS) is 11.7. The van der Waals surface area contributed by atoms with Crippen LogP contribution >= 0.6 is 23.2 Å². The van der Waals surface area contributed by atoms with E-state index in [9.17, 15) is 17.6 Å². The number of halogens is 6. The first-order valence-corrected chi connectivity index (χ1v) is 9.43. The van der Waals surface area contributed by atoms with Crippen LogP contribution in [0.15, 0.2) is 42.6 Å². The molecule has 2 aromatic carbocycles. The molecule has 0 radical (unpaired) electrons. The van der Waals surface area contributed by atoms with Crippen LogP contribution in [0.4, 0.5) is 40.7 Å². The van der Waals surface area contributed by atoms with Crippen molar-refractivity contribution in [1.82, 2.24) is 19.5 Å². The molecular formula is C19H12Cl2F4N6. The number of aryl methyl sites for hydroxylation is 1. The maximum Gasteiger partial charge on any atom is 0.449 e. The fraction of sp³-hybridized carbons (Fsp3) is 0.105. The van der Waals surface area contributed by atoms with E-state index in [2.05, 4.69) is 25.6 Å². The van der Waals surface area contributed by atoms with Gasteiger partial charge in [0.1, 0.15) is 0 Å². The van der Waals surface area contributed by atoms with Crippen molar-refractivity contribution in [2.24, 2.45) is 7.05 Å². The van der Waals surface area contributed by atoms with E-state index >= 15 is 0 Å². The summed E-state index contributed by atoms with van der Waals surface area (Å²) in [5.41, 5.74) is 1.27. The van der Waals surface area contributed by atoms with Crippen molar-refractivity contribution in [2.45, 2.75) is 6.18 Å². The Bertz CT molecular complexity index is 1290. The Morgan fingerprint density at radius 2 is 1.65 bits per heavy atom. The molecule has 2 heterocycles. The van der Waals surface area contributed by atoms with Gasteiger partial charge in [-0.25, -0.2) is 14.4 Å². The van der Waals surface area contributed by atoms with Gasteiger partial charge in [-0.2, -0.15) is 18.2 Å². The van der Waals surface area contributed by atoms with Crippen LogP contribution in [0.3, 0.4) is 0 Å². The first-order valence-electron chi connectivity index (χ1n) is 8.67. The summed E-state index contributed by atoms with van der Waals surface area (Å²) in [6.45, 7) is 0. The fourth-order valence-corrected chi connectivity index (χ4v) is 3.18. The van der Waals surface area contributed by atoms with Gasteiger partial charge in [-0.15, -0.1) is 0 Å². The quantitative estimate of drug-likeness (QED) is 0.341. The second-order valence-electron chi connectivity index (χ2n) is 6.46. The summed E-state index contributed by atoms with van der Waals surface area (Å²) in [7, 11) is 1.29. The Morgan fingerprint density at radius 3 is 2.35 bits per heavy atom. The zero-order valence-electron chi connectivity index (χ0n) is 15.6. The van der Waals surface area contributed by atoms with Crippen molar-refractivity contribution >= 4 is 57.4 Å². The van der Waals surface area contributed by atoms with Crippen LogP contribution in [-0.4, -0.2) is 19.5 Å². The fourth-order valence-electron chi connectivity index (χ4n) is 2.89. The molecule has 0 atom stereocenters. The van der Waals surface area contributed by atoms with Crippen LogP contribution in [0.2, 0.25) is 10.0 Å². The average molecular weight is 471 g/mol. The van der Waals surface area contributed by atoms with Crippen molar-refractivity contribution in [2.75, 3.05) is 10.6 Å². The van der Waals surface area contributed by atoms with Gasteiger partial charge in [0, 0.05) is 18.4 Å². The summed E-state index contributed by atoms with van der Waals surface area (Å²) in [5.74, 6) is -1.83. The number of aromatic nitrogens is 4. The minimum Gasteiger partial charge on any atom is -0.338 e. The molecule has 0 aliphatic carbocycles. The van der Waals surface area contributed by atoms with Gasteiger partial charge in [0.25, 0.3) is 0 Å². The summed E-state index contributed by atoms with van der Waals surface area (Å²) in [6, 6.07) is 9.09. The lowest BCUT2D eigenvalue weighted by molar-refractivity contribution is -0.146. The zero-order valence-corrected chi connectivity index (χ0v) is 17.1. The minimum atomic E-state index is -4.58. The van der Waals surface area contributed by atoms with Crippen LogP contribution in [0, 0.1) is 5.82 Å². The van der Waals surface area contributed by atoms with E-state index in [1.54, 1.807) is 18.2 Å². The van der Waals surface area contributed by atoms with Crippen LogP contribution in [0.5, 0.6) is 0 Å².